The van der Waals surface area contributed by atoms with Gasteiger partial charge in [-0.3, -0.25) is 4.79 Å². The van der Waals surface area contributed by atoms with E-state index in [2.05, 4.69) is 15.3 Å². The molecular weight excluding hydrogens is 338 g/mol. The van der Waals surface area contributed by atoms with E-state index >= 15 is 0 Å². The molecular formula is C10H4Cl2F3N3OS. The van der Waals surface area contributed by atoms with E-state index in [0.717, 1.165) is 5.51 Å². The first-order valence-electron chi connectivity index (χ1n) is 4.92. The molecule has 0 aliphatic heterocycles. The van der Waals surface area contributed by atoms with Crippen LogP contribution in [0, 0.1) is 0 Å². The van der Waals surface area contributed by atoms with Gasteiger partial charge in [0.2, 0.25) is 0 Å². The minimum absolute atomic E-state index is 0.0175. The molecule has 1 N–H and O–H groups in total. The van der Waals surface area contributed by atoms with Crippen molar-refractivity contribution in [3.8, 4) is 0 Å². The Labute approximate surface area is 124 Å². The number of carbonyl (C=O) groups is 1. The van der Waals surface area contributed by atoms with E-state index in [4.69, 9.17) is 23.2 Å². The summed E-state index contributed by atoms with van der Waals surface area (Å²) in [5, 5.41) is 2.44. The van der Waals surface area contributed by atoms with Crippen LogP contribution in [0.25, 0.3) is 0 Å². The van der Waals surface area contributed by atoms with Crippen molar-refractivity contribution in [2.24, 2.45) is 0 Å². The van der Waals surface area contributed by atoms with Gasteiger partial charge in [-0.05, 0) is 6.07 Å². The van der Waals surface area contributed by atoms with E-state index in [0.29, 0.717) is 11.3 Å². The number of nitrogens with one attached hydrogen (secondary N) is 1. The molecule has 20 heavy (non-hydrogen) atoms. The molecule has 2 aromatic rings. The van der Waals surface area contributed by atoms with E-state index in [-0.39, 0.29) is 15.9 Å². The van der Waals surface area contributed by atoms with Crippen LogP contribution in [-0.4, -0.2) is 15.9 Å². The zero-order chi connectivity index (χ0) is 14.9. The van der Waals surface area contributed by atoms with E-state index in [1.807, 2.05) is 0 Å². The van der Waals surface area contributed by atoms with Crippen LogP contribution in [-0.2, 0) is 6.18 Å². The van der Waals surface area contributed by atoms with Crippen molar-refractivity contribution < 1.29 is 18.0 Å². The second kappa shape index (κ2) is 5.55. The minimum Gasteiger partial charge on any atom is -0.305 e. The topological polar surface area (TPSA) is 54.9 Å². The number of anilines is 1. The number of alkyl halides is 3. The summed E-state index contributed by atoms with van der Waals surface area (Å²) >= 11 is 12.0. The summed E-state index contributed by atoms with van der Waals surface area (Å²) in [5.74, 6) is -1.07. The summed E-state index contributed by atoms with van der Waals surface area (Å²) in [7, 11) is 0. The van der Waals surface area contributed by atoms with Gasteiger partial charge in [-0.1, -0.05) is 23.2 Å². The highest BCUT2D eigenvalue weighted by molar-refractivity contribution is 7.12. The van der Waals surface area contributed by atoms with Crippen molar-refractivity contribution >= 4 is 46.3 Å². The Morgan fingerprint density at radius 1 is 1.30 bits per heavy atom. The first kappa shape index (κ1) is 15.0. The zero-order valence-electron chi connectivity index (χ0n) is 9.33. The predicted octanol–water partition coefficient (Wildman–Crippen LogP) is 4.12. The maximum absolute atomic E-state index is 12.6. The lowest BCUT2D eigenvalue weighted by Gasteiger charge is -2.08. The van der Waals surface area contributed by atoms with Gasteiger partial charge >= 0.3 is 6.18 Å². The van der Waals surface area contributed by atoms with Gasteiger partial charge in [0.05, 0.1) is 15.6 Å². The fourth-order valence-electron chi connectivity index (χ4n) is 1.28. The van der Waals surface area contributed by atoms with Crippen LogP contribution < -0.4 is 5.32 Å². The molecule has 0 saturated carbocycles. The minimum atomic E-state index is -4.70. The molecule has 0 aliphatic carbocycles. The number of pyridine rings is 1. The van der Waals surface area contributed by atoms with E-state index in [9.17, 15) is 18.0 Å². The number of thiazole rings is 1. The molecule has 0 spiro atoms. The van der Waals surface area contributed by atoms with Crippen LogP contribution in [0.3, 0.4) is 0 Å². The summed E-state index contributed by atoms with van der Waals surface area (Å²) in [6, 6.07) is 1.31. The second-order valence-corrected chi connectivity index (χ2v) is 5.16. The van der Waals surface area contributed by atoms with Crippen LogP contribution >= 0.6 is 34.5 Å². The molecule has 0 bridgehead atoms. The van der Waals surface area contributed by atoms with Gasteiger partial charge in [-0.2, -0.15) is 13.2 Å². The average molecular weight is 342 g/mol. The first-order valence-corrected chi connectivity index (χ1v) is 6.55. The van der Waals surface area contributed by atoms with Crippen LogP contribution in [0.5, 0.6) is 0 Å². The Kier molecular flexibility index (Phi) is 4.17. The average Bonchev–Trinajstić information content (AvgIpc) is 2.81. The molecule has 0 radical (unpaired) electrons. The second-order valence-electron chi connectivity index (χ2n) is 3.47. The molecule has 0 saturated heterocycles. The van der Waals surface area contributed by atoms with Gasteiger partial charge in [0, 0.05) is 6.20 Å². The molecule has 10 heteroatoms. The van der Waals surface area contributed by atoms with Crippen molar-refractivity contribution in [1.29, 1.82) is 0 Å². The highest BCUT2D eigenvalue weighted by Gasteiger charge is 2.38. The summed E-state index contributed by atoms with van der Waals surface area (Å²) in [4.78, 5) is 18.1. The number of amides is 1. The SMILES string of the molecule is O=C(Nc1ncc(Cl)cc1Cl)c1scnc1C(F)(F)F. The Hall–Kier alpha value is -1.38. The molecule has 0 atom stereocenters. The molecule has 4 nitrogen and oxygen atoms in total. The van der Waals surface area contributed by atoms with E-state index in [1.54, 1.807) is 0 Å². The number of rotatable bonds is 2. The predicted molar refractivity (Wildman–Crippen MR) is 69.3 cm³/mol. The summed E-state index contributed by atoms with van der Waals surface area (Å²) < 4.78 is 37.9. The van der Waals surface area contributed by atoms with Gasteiger partial charge in [-0.25, -0.2) is 9.97 Å². The van der Waals surface area contributed by atoms with E-state index < -0.39 is 22.7 Å². The van der Waals surface area contributed by atoms with Crippen molar-refractivity contribution in [2.45, 2.75) is 6.18 Å². The largest absolute Gasteiger partial charge is 0.434 e. The van der Waals surface area contributed by atoms with Crippen LogP contribution in [0.4, 0.5) is 19.0 Å². The standard InChI is InChI=1S/C10H4Cl2F3N3OS/c11-4-1-5(12)8(16-2-4)18-9(19)6-7(10(13,14)15)17-3-20-6/h1-3H,(H,16,18,19). The first-order chi connectivity index (χ1) is 9.29. The Morgan fingerprint density at radius 3 is 2.60 bits per heavy atom. The molecule has 0 fully saturated rings. The van der Waals surface area contributed by atoms with Gasteiger partial charge in [0.25, 0.3) is 5.91 Å². The molecule has 2 aromatic heterocycles. The quantitative estimate of drug-likeness (QED) is 0.893. The van der Waals surface area contributed by atoms with Crippen LogP contribution in [0.2, 0.25) is 10.0 Å². The molecule has 0 aliphatic rings. The Morgan fingerprint density at radius 2 is 2.00 bits per heavy atom. The lowest BCUT2D eigenvalue weighted by Crippen LogP contribution is -2.18. The fourth-order valence-corrected chi connectivity index (χ4v) is 2.41. The number of carbonyl (C=O) groups excluding carboxylic acids is 1. The summed E-state index contributed by atoms with van der Waals surface area (Å²) in [6.07, 6.45) is -3.50. The molecule has 1 amide bonds. The highest BCUT2D eigenvalue weighted by Crippen LogP contribution is 2.33. The van der Waals surface area contributed by atoms with Crippen LogP contribution in [0.15, 0.2) is 17.8 Å². The van der Waals surface area contributed by atoms with Crippen molar-refractivity contribution in [1.82, 2.24) is 9.97 Å². The zero-order valence-corrected chi connectivity index (χ0v) is 11.7. The summed E-state index contributed by atoms with van der Waals surface area (Å²) in [5.41, 5.74) is -0.306. The third kappa shape index (κ3) is 3.20. The Balaban J connectivity index is 2.27. The summed E-state index contributed by atoms with van der Waals surface area (Å²) in [6.45, 7) is 0. The number of halogens is 5. The number of hydrogen-bond donors (Lipinski definition) is 1. The number of nitrogens with zero attached hydrogens (tertiary/aromatic N) is 2. The van der Waals surface area contributed by atoms with Gasteiger partial charge in [0.1, 0.15) is 4.88 Å². The maximum atomic E-state index is 12.6. The smallest absolute Gasteiger partial charge is 0.305 e. The highest BCUT2D eigenvalue weighted by atomic mass is 35.5. The van der Waals surface area contributed by atoms with Gasteiger partial charge in [0.15, 0.2) is 11.5 Å². The van der Waals surface area contributed by atoms with Crippen LogP contribution in [0.1, 0.15) is 15.4 Å². The van der Waals surface area contributed by atoms with Gasteiger partial charge in [-0.15, -0.1) is 11.3 Å². The molecule has 0 unspecified atom stereocenters. The van der Waals surface area contributed by atoms with Crippen molar-refractivity contribution in [3.63, 3.8) is 0 Å². The third-order valence-electron chi connectivity index (χ3n) is 2.08. The van der Waals surface area contributed by atoms with Crippen molar-refractivity contribution in [2.75, 3.05) is 5.32 Å². The lowest BCUT2D eigenvalue weighted by atomic mass is 10.3. The van der Waals surface area contributed by atoms with Crippen molar-refractivity contribution in [3.05, 3.63) is 38.4 Å². The normalized spacial score (nSPS) is 11.4. The fraction of sp³-hybridized carbons (Fsp3) is 0.100. The molecule has 0 aromatic carbocycles. The third-order valence-corrected chi connectivity index (χ3v) is 3.40. The maximum Gasteiger partial charge on any atom is 0.434 e. The van der Waals surface area contributed by atoms with E-state index in [1.165, 1.54) is 12.3 Å². The molecule has 2 rings (SSSR count). The Bertz CT molecular complexity index is 659. The van der Waals surface area contributed by atoms with Gasteiger partial charge < -0.3 is 5.32 Å². The number of aromatic nitrogens is 2. The monoisotopic (exact) mass is 341 g/mol. The molecule has 106 valence electrons. The number of hydrogen-bond acceptors (Lipinski definition) is 4. The molecule has 2 heterocycles. The lowest BCUT2D eigenvalue weighted by molar-refractivity contribution is -0.141.